The highest BCUT2D eigenvalue weighted by atomic mass is 35.5. The number of para-hydroxylation sites is 1. The maximum absolute atomic E-state index is 6.03. The molecule has 2 heterocycles. The number of fused-ring (bicyclic) bond motifs is 1. The minimum Gasteiger partial charge on any atom is -0.314 e. The first-order valence-electron chi connectivity index (χ1n) is 8.67. The molecule has 1 saturated heterocycles. The SMILES string of the molecule is Clc1ccc(-c2cc(C[C@H]3CCCCN3)c3ccccc3n2)cc1. The molecule has 0 spiro atoms. The lowest BCUT2D eigenvalue weighted by Crippen LogP contribution is -2.35. The quantitative estimate of drug-likeness (QED) is 0.707. The van der Waals surface area contributed by atoms with Gasteiger partial charge in [-0.1, -0.05) is 48.4 Å². The normalized spacial score (nSPS) is 18.0. The number of nitrogens with one attached hydrogen (secondary N) is 1. The van der Waals surface area contributed by atoms with Crippen molar-refractivity contribution in [2.75, 3.05) is 6.54 Å². The number of rotatable bonds is 3. The second-order valence-electron chi connectivity index (χ2n) is 6.54. The number of pyridine rings is 1. The van der Waals surface area contributed by atoms with Gasteiger partial charge in [-0.05, 0) is 55.6 Å². The number of piperidine rings is 1. The molecule has 122 valence electrons. The van der Waals surface area contributed by atoms with Crippen molar-refractivity contribution in [1.82, 2.24) is 10.3 Å². The molecule has 1 aliphatic rings. The van der Waals surface area contributed by atoms with Crippen LogP contribution >= 0.6 is 11.6 Å². The standard InChI is InChI=1S/C21H21ClN2/c22-17-10-8-15(9-11-17)21-14-16(13-18-5-3-4-12-23-18)19-6-1-2-7-20(19)24-21/h1-2,6-11,14,18,23H,3-5,12-13H2/t18-/m1/s1. The first-order chi connectivity index (χ1) is 11.8. The van der Waals surface area contributed by atoms with E-state index in [1.165, 1.54) is 30.2 Å². The molecule has 3 heteroatoms. The van der Waals surface area contributed by atoms with Crippen molar-refractivity contribution in [1.29, 1.82) is 0 Å². The van der Waals surface area contributed by atoms with E-state index in [2.05, 4.69) is 35.6 Å². The summed E-state index contributed by atoms with van der Waals surface area (Å²) in [5, 5.41) is 5.68. The van der Waals surface area contributed by atoms with Crippen LogP contribution in [0.4, 0.5) is 0 Å². The highest BCUT2D eigenvalue weighted by Crippen LogP contribution is 2.27. The number of halogens is 1. The Morgan fingerprint density at radius 1 is 1.04 bits per heavy atom. The van der Waals surface area contributed by atoms with E-state index < -0.39 is 0 Å². The Morgan fingerprint density at radius 2 is 1.88 bits per heavy atom. The zero-order valence-electron chi connectivity index (χ0n) is 13.6. The Morgan fingerprint density at radius 3 is 2.67 bits per heavy atom. The molecule has 1 N–H and O–H groups in total. The molecule has 1 aliphatic heterocycles. The third-order valence-electron chi connectivity index (χ3n) is 4.82. The smallest absolute Gasteiger partial charge is 0.0712 e. The number of aromatic nitrogens is 1. The fraction of sp³-hybridized carbons (Fsp3) is 0.286. The Bertz CT molecular complexity index is 836. The topological polar surface area (TPSA) is 24.9 Å². The van der Waals surface area contributed by atoms with Gasteiger partial charge in [-0.15, -0.1) is 0 Å². The molecule has 0 amide bonds. The number of hydrogen-bond donors (Lipinski definition) is 1. The molecule has 3 aromatic rings. The van der Waals surface area contributed by atoms with Gasteiger partial charge >= 0.3 is 0 Å². The second-order valence-corrected chi connectivity index (χ2v) is 6.98. The summed E-state index contributed by atoms with van der Waals surface area (Å²) < 4.78 is 0. The van der Waals surface area contributed by atoms with Crippen LogP contribution in [0.2, 0.25) is 5.02 Å². The van der Waals surface area contributed by atoms with E-state index in [9.17, 15) is 0 Å². The molecule has 1 fully saturated rings. The zero-order chi connectivity index (χ0) is 16.4. The van der Waals surface area contributed by atoms with Crippen molar-refractivity contribution < 1.29 is 0 Å². The first kappa shape index (κ1) is 15.6. The van der Waals surface area contributed by atoms with Crippen molar-refractivity contribution >= 4 is 22.5 Å². The van der Waals surface area contributed by atoms with Gasteiger partial charge in [0.15, 0.2) is 0 Å². The van der Waals surface area contributed by atoms with Crippen LogP contribution in [0.5, 0.6) is 0 Å². The van der Waals surface area contributed by atoms with Gasteiger partial charge in [0.05, 0.1) is 11.2 Å². The highest BCUT2D eigenvalue weighted by molar-refractivity contribution is 6.30. The van der Waals surface area contributed by atoms with Gasteiger partial charge in [-0.25, -0.2) is 4.98 Å². The Labute approximate surface area is 147 Å². The molecule has 2 nitrogen and oxygen atoms in total. The Hall–Kier alpha value is -1.90. The predicted molar refractivity (Wildman–Crippen MR) is 102 cm³/mol. The summed E-state index contributed by atoms with van der Waals surface area (Å²) >= 11 is 6.03. The molecule has 0 unspecified atom stereocenters. The second kappa shape index (κ2) is 6.92. The molecule has 0 saturated carbocycles. The van der Waals surface area contributed by atoms with Crippen molar-refractivity contribution in [3.05, 3.63) is 65.2 Å². The van der Waals surface area contributed by atoms with E-state index in [1.807, 2.05) is 24.3 Å². The van der Waals surface area contributed by atoms with E-state index in [0.29, 0.717) is 6.04 Å². The molecule has 1 aromatic heterocycles. The molecular formula is C21H21ClN2. The van der Waals surface area contributed by atoms with Gasteiger partial charge in [-0.3, -0.25) is 0 Å². The van der Waals surface area contributed by atoms with Crippen molar-refractivity contribution in [3.8, 4) is 11.3 Å². The summed E-state index contributed by atoms with van der Waals surface area (Å²) in [5.74, 6) is 0. The maximum Gasteiger partial charge on any atom is 0.0712 e. The molecule has 24 heavy (non-hydrogen) atoms. The van der Waals surface area contributed by atoms with Crippen LogP contribution in [0.3, 0.4) is 0 Å². The van der Waals surface area contributed by atoms with Crippen LogP contribution in [-0.4, -0.2) is 17.6 Å². The fourth-order valence-electron chi connectivity index (χ4n) is 3.55. The highest BCUT2D eigenvalue weighted by Gasteiger charge is 2.16. The molecule has 4 rings (SSSR count). The van der Waals surface area contributed by atoms with Crippen LogP contribution in [0.25, 0.3) is 22.2 Å². The first-order valence-corrected chi connectivity index (χ1v) is 9.05. The predicted octanol–water partition coefficient (Wildman–Crippen LogP) is 5.24. The summed E-state index contributed by atoms with van der Waals surface area (Å²) in [6.45, 7) is 1.14. The van der Waals surface area contributed by atoms with Gasteiger partial charge in [0, 0.05) is 22.0 Å². The summed E-state index contributed by atoms with van der Waals surface area (Å²) in [7, 11) is 0. The largest absolute Gasteiger partial charge is 0.314 e. The molecule has 0 bridgehead atoms. The lowest BCUT2D eigenvalue weighted by Gasteiger charge is -2.24. The summed E-state index contributed by atoms with van der Waals surface area (Å²) in [6, 6.07) is 19.2. The van der Waals surface area contributed by atoms with Crippen molar-refractivity contribution in [2.45, 2.75) is 31.7 Å². The molecule has 2 aromatic carbocycles. The number of benzene rings is 2. The van der Waals surface area contributed by atoms with Gasteiger partial charge < -0.3 is 5.32 Å². The number of hydrogen-bond acceptors (Lipinski definition) is 2. The van der Waals surface area contributed by atoms with Crippen LogP contribution in [0.15, 0.2) is 54.6 Å². The molecule has 0 aliphatic carbocycles. The van der Waals surface area contributed by atoms with Crippen LogP contribution in [0, 0.1) is 0 Å². The summed E-state index contributed by atoms with van der Waals surface area (Å²) in [4.78, 5) is 4.87. The van der Waals surface area contributed by atoms with E-state index >= 15 is 0 Å². The Kier molecular flexibility index (Phi) is 4.50. The van der Waals surface area contributed by atoms with Gasteiger partial charge in [-0.2, -0.15) is 0 Å². The molecule has 0 radical (unpaired) electrons. The van der Waals surface area contributed by atoms with Crippen LogP contribution in [0.1, 0.15) is 24.8 Å². The lowest BCUT2D eigenvalue weighted by molar-refractivity contribution is 0.400. The monoisotopic (exact) mass is 336 g/mol. The average molecular weight is 337 g/mol. The summed E-state index contributed by atoms with van der Waals surface area (Å²) in [5.41, 5.74) is 4.58. The third-order valence-corrected chi connectivity index (χ3v) is 5.07. The lowest BCUT2D eigenvalue weighted by atomic mass is 9.94. The zero-order valence-corrected chi connectivity index (χ0v) is 14.4. The number of nitrogens with zero attached hydrogens (tertiary/aromatic N) is 1. The average Bonchev–Trinajstić information content (AvgIpc) is 2.63. The van der Waals surface area contributed by atoms with Gasteiger partial charge in [0.1, 0.15) is 0 Å². The summed E-state index contributed by atoms with van der Waals surface area (Å²) in [6.07, 6.45) is 4.94. The van der Waals surface area contributed by atoms with E-state index in [-0.39, 0.29) is 0 Å². The minimum absolute atomic E-state index is 0.572. The van der Waals surface area contributed by atoms with E-state index in [1.54, 1.807) is 0 Å². The Balaban J connectivity index is 1.76. The van der Waals surface area contributed by atoms with E-state index in [4.69, 9.17) is 16.6 Å². The van der Waals surface area contributed by atoms with Gasteiger partial charge in [0.25, 0.3) is 0 Å². The minimum atomic E-state index is 0.572. The molecule has 1 atom stereocenters. The van der Waals surface area contributed by atoms with E-state index in [0.717, 1.165) is 34.8 Å². The molecular weight excluding hydrogens is 316 g/mol. The van der Waals surface area contributed by atoms with Crippen LogP contribution < -0.4 is 5.32 Å². The van der Waals surface area contributed by atoms with Crippen LogP contribution in [-0.2, 0) is 6.42 Å². The maximum atomic E-state index is 6.03. The van der Waals surface area contributed by atoms with Gasteiger partial charge in [0.2, 0.25) is 0 Å². The van der Waals surface area contributed by atoms with Crippen molar-refractivity contribution in [3.63, 3.8) is 0 Å². The fourth-order valence-corrected chi connectivity index (χ4v) is 3.67. The van der Waals surface area contributed by atoms with Crippen molar-refractivity contribution in [2.24, 2.45) is 0 Å². The third kappa shape index (κ3) is 3.31.